The van der Waals surface area contributed by atoms with Crippen LogP contribution >= 0.6 is 0 Å². The molecule has 0 bridgehead atoms. The van der Waals surface area contributed by atoms with E-state index in [4.69, 9.17) is 4.98 Å². The Morgan fingerprint density at radius 3 is 2.64 bits per heavy atom. The standard InChI is InChI=1S/C18H23N7/c1-22(2)16-6-7-19-18(21-16)24-11-9-23(10-12-24)13-15-14-25-8-4-3-5-17(25)20-15/h3-8,14H,9-13H2,1-2H3. The van der Waals surface area contributed by atoms with Crippen molar-refractivity contribution in [3.63, 3.8) is 0 Å². The maximum Gasteiger partial charge on any atom is 0.227 e. The Labute approximate surface area is 147 Å². The highest BCUT2D eigenvalue weighted by Crippen LogP contribution is 2.16. The molecule has 0 radical (unpaired) electrons. The Kier molecular flexibility index (Phi) is 4.23. The number of hydrogen-bond acceptors (Lipinski definition) is 6. The molecule has 4 rings (SSSR count). The highest BCUT2D eigenvalue weighted by molar-refractivity contribution is 5.43. The van der Waals surface area contributed by atoms with Crippen molar-refractivity contribution in [3.8, 4) is 0 Å². The number of rotatable bonds is 4. The molecule has 25 heavy (non-hydrogen) atoms. The highest BCUT2D eigenvalue weighted by Gasteiger charge is 2.20. The number of anilines is 2. The molecular formula is C18H23N7. The predicted molar refractivity (Wildman–Crippen MR) is 99.0 cm³/mol. The first-order valence-corrected chi connectivity index (χ1v) is 8.59. The van der Waals surface area contributed by atoms with Crippen LogP contribution in [0.4, 0.5) is 11.8 Å². The average Bonchev–Trinajstić information content (AvgIpc) is 3.04. The van der Waals surface area contributed by atoms with Crippen LogP contribution in [0.1, 0.15) is 5.69 Å². The third-order valence-electron chi connectivity index (χ3n) is 4.54. The summed E-state index contributed by atoms with van der Waals surface area (Å²) in [4.78, 5) is 20.5. The van der Waals surface area contributed by atoms with Gasteiger partial charge in [-0.15, -0.1) is 0 Å². The van der Waals surface area contributed by atoms with Crippen LogP contribution in [0.5, 0.6) is 0 Å². The summed E-state index contributed by atoms with van der Waals surface area (Å²) in [6.07, 6.45) is 5.99. The number of fused-ring (bicyclic) bond motifs is 1. The van der Waals surface area contributed by atoms with Gasteiger partial charge in [0.25, 0.3) is 0 Å². The number of piperazine rings is 1. The normalized spacial score (nSPS) is 15.7. The highest BCUT2D eigenvalue weighted by atomic mass is 15.3. The van der Waals surface area contributed by atoms with Gasteiger partial charge < -0.3 is 14.2 Å². The van der Waals surface area contributed by atoms with Crippen LogP contribution in [0.2, 0.25) is 0 Å². The van der Waals surface area contributed by atoms with Crippen molar-refractivity contribution in [2.24, 2.45) is 0 Å². The molecular weight excluding hydrogens is 314 g/mol. The smallest absolute Gasteiger partial charge is 0.227 e. The Morgan fingerprint density at radius 1 is 1.04 bits per heavy atom. The van der Waals surface area contributed by atoms with E-state index in [-0.39, 0.29) is 0 Å². The van der Waals surface area contributed by atoms with Crippen molar-refractivity contribution < 1.29 is 0 Å². The second-order valence-corrected chi connectivity index (χ2v) is 6.57. The summed E-state index contributed by atoms with van der Waals surface area (Å²) in [5, 5.41) is 0. The van der Waals surface area contributed by atoms with Gasteiger partial charge in [-0.3, -0.25) is 4.90 Å². The monoisotopic (exact) mass is 337 g/mol. The first-order chi connectivity index (χ1) is 12.2. The molecule has 1 aliphatic heterocycles. The molecule has 1 saturated heterocycles. The van der Waals surface area contributed by atoms with E-state index >= 15 is 0 Å². The van der Waals surface area contributed by atoms with E-state index in [2.05, 4.69) is 30.4 Å². The number of nitrogens with zero attached hydrogens (tertiary/aromatic N) is 7. The van der Waals surface area contributed by atoms with Gasteiger partial charge in [0, 0.05) is 65.4 Å². The van der Waals surface area contributed by atoms with E-state index in [1.165, 1.54) is 0 Å². The summed E-state index contributed by atoms with van der Waals surface area (Å²) in [5.74, 6) is 1.76. The van der Waals surface area contributed by atoms with Gasteiger partial charge >= 0.3 is 0 Å². The molecule has 0 spiro atoms. The fourth-order valence-electron chi connectivity index (χ4n) is 3.14. The predicted octanol–water partition coefficient (Wildman–Crippen LogP) is 1.51. The number of hydrogen-bond donors (Lipinski definition) is 0. The van der Waals surface area contributed by atoms with Crippen LogP contribution < -0.4 is 9.80 Å². The van der Waals surface area contributed by atoms with Gasteiger partial charge in [0.05, 0.1) is 5.69 Å². The van der Waals surface area contributed by atoms with E-state index in [0.717, 1.165) is 55.8 Å². The molecule has 3 aromatic heterocycles. The van der Waals surface area contributed by atoms with Gasteiger partial charge in [-0.05, 0) is 18.2 Å². The zero-order valence-electron chi connectivity index (χ0n) is 14.7. The van der Waals surface area contributed by atoms with Crippen LogP contribution in [-0.2, 0) is 6.54 Å². The number of aromatic nitrogens is 4. The molecule has 0 aliphatic carbocycles. The molecule has 0 aromatic carbocycles. The number of imidazole rings is 1. The Bertz CT molecular complexity index is 816. The molecule has 7 heteroatoms. The lowest BCUT2D eigenvalue weighted by atomic mass is 10.3. The van der Waals surface area contributed by atoms with E-state index in [1.54, 1.807) is 0 Å². The van der Waals surface area contributed by atoms with Crippen molar-refractivity contribution in [2.75, 3.05) is 50.1 Å². The summed E-state index contributed by atoms with van der Waals surface area (Å²) < 4.78 is 2.08. The molecule has 0 atom stereocenters. The van der Waals surface area contributed by atoms with Crippen molar-refractivity contribution in [2.45, 2.75) is 6.54 Å². The molecule has 0 N–H and O–H groups in total. The van der Waals surface area contributed by atoms with Gasteiger partial charge in [-0.2, -0.15) is 4.98 Å². The molecule has 7 nitrogen and oxygen atoms in total. The van der Waals surface area contributed by atoms with E-state index < -0.39 is 0 Å². The molecule has 4 heterocycles. The molecule has 0 unspecified atom stereocenters. The molecule has 1 aliphatic rings. The average molecular weight is 337 g/mol. The molecule has 1 fully saturated rings. The molecule has 0 saturated carbocycles. The molecule has 3 aromatic rings. The van der Waals surface area contributed by atoms with E-state index in [0.29, 0.717) is 0 Å². The lowest BCUT2D eigenvalue weighted by molar-refractivity contribution is 0.246. The van der Waals surface area contributed by atoms with Crippen molar-refractivity contribution >= 4 is 17.4 Å². The second kappa shape index (κ2) is 6.68. The summed E-state index contributed by atoms with van der Waals surface area (Å²) >= 11 is 0. The Balaban J connectivity index is 1.39. The quantitative estimate of drug-likeness (QED) is 0.719. The SMILES string of the molecule is CN(C)c1ccnc(N2CCN(Cc3cn4ccccc4n3)CC2)n1. The second-order valence-electron chi connectivity index (χ2n) is 6.57. The summed E-state index contributed by atoms with van der Waals surface area (Å²) in [7, 11) is 4.00. The van der Waals surface area contributed by atoms with Crippen molar-refractivity contribution in [3.05, 3.63) is 48.5 Å². The van der Waals surface area contributed by atoms with Crippen LogP contribution in [0.3, 0.4) is 0 Å². The maximum atomic E-state index is 4.69. The van der Waals surface area contributed by atoms with Crippen molar-refractivity contribution in [1.82, 2.24) is 24.3 Å². The van der Waals surface area contributed by atoms with Gasteiger partial charge in [0.1, 0.15) is 11.5 Å². The summed E-state index contributed by atoms with van der Waals surface area (Å²) in [6.45, 7) is 4.73. The minimum Gasteiger partial charge on any atom is -0.363 e. The maximum absolute atomic E-state index is 4.69. The third kappa shape index (κ3) is 3.41. The lowest BCUT2D eigenvalue weighted by Crippen LogP contribution is -2.46. The van der Waals surface area contributed by atoms with Crippen LogP contribution in [0, 0.1) is 0 Å². The summed E-state index contributed by atoms with van der Waals surface area (Å²) in [5.41, 5.74) is 2.12. The fourth-order valence-corrected chi connectivity index (χ4v) is 3.14. The zero-order chi connectivity index (χ0) is 17.2. The van der Waals surface area contributed by atoms with Crippen LogP contribution in [0.15, 0.2) is 42.9 Å². The molecule has 0 amide bonds. The van der Waals surface area contributed by atoms with Gasteiger partial charge in [-0.1, -0.05) is 6.07 Å². The third-order valence-corrected chi connectivity index (χ3v) is 4.54. The largest absolute Gasteiger partial charge is 0.363 e. The molecule has 130 valence electrons. The van der Waals surface area contributed by atoms with Crippen molar-refractivity contribution in [1.29, 1.82) is 0 Å². The summed E-state index contributed by atoms with van der Waals surface area (Å²) in [6, 6.07) is 8.02. The number of pyridine rings is 1. The van der Waals surface area contributed by atoms with Crippen LogP contribution in [0.25, 0.3) is 5.65 Å². The minimum atomic E-state index is 0.818. The van der Waals surface area contributed by atoms with Gasteiger partial charge in [-0.25, -0.2) is 9.97 Å². The zero-order valence-corrected chi connectivity index (χ0v) is 14.7. The Morgan fingerprint density at radius 2 is 1.88 bits per heavy atom. The van der Waals surface area contributed by atoms with E-state index in [1.807, 2.05) is 55.7 Å². The lowest BCUT2D eigenvalue weighted by Gasteiger charge is -2.34. The fraction of sp³-hybridized carbons (Fsp3) is 0.389. The van der Waals surface area contributed by atoms with Gasteiger partial charge in [0.15, 0.2) is 0 Å². The van der Waals surface area contributed by atoms with Gasteiger partial charge in [0.2, 0.25) is 5.95 Å². The first-order valence-electron chi connectivity index (χ1n) is 8.59. The topological polar surface area (TPSA) is 52.8 Å². The minimum absolute atomic E-state index is 0.818. The van der Waals surface area contributed by atoms with Crippen LogP contribution in [-0.4, -0.2) is 64.5 Å². The first kappa shape index (κ1) is 15.8. The van der Waals surface area contributed by atoms with E-state index in [9.17, 15) is 0 Å². The Hall–Kier alpha value is -2.67.